The van der Waals surface area contributed by atoms with Gasteiger partial charge in [0.2, 0.25) is 0 Å². The van der Waals surface area contributed by atoms with Gasteiger partial charge in [-0.2, -0.15) is 0 Å². The number of amidine groups is 1. The number of hydrogen-bond acceptors (Lipinski definition) is 4. The van der Waals surface area contributed by atoms with E-state index in [-0.39, 0.29) is 18.3 Å². The molecule has 0 saturated carbocycles. The van der Waals surface area contributed by atoms with Gasteiger partial charge in [-0.15, -0.1) is 0 Å². The highest BCUT2D eigenvalue weighted by Crippen LogP contribution is 2.59. The van der Waals surface area contributed by atoms with E-state index in [0.717, 1.165) is 19.6 Å². The Hall–Kier alpha value is -3.18. The summed E-state index contributed by atoms with van der Waals surface area (Å²) in [6, 6.07) is 31.8. The van der Waals surface area contributed by atoms with Crippen molar-refractivity contribution in [2.45, 2.75) is 50.1 Å². The van der Waals surface area contributed by atoms with Crippen LogP contribution in [0.2, 0.25) is 0 Å². The maximum atomic E-state index is 5.45. The van der Waals surface area contributed by atoms with Gasteiger partial charge >= 0.3 is 0 Å². The molecule has 1 N–H and O–H groups in total. The number of piperidine rings is 2. The Morgan fingerprint density at radius 1 is 0.744 bits per heavy atom. The second-order valence-corrected chi connectivity index (χ2v) is 12.2. The number of nitrogens with zero attached hydrogens (tertiary/aromatic N) is 3. The molecule has 2 saturated heterocycles. The molecular formula is C34H37BN4. The Kier molecular flexibility index (Phi) is 5.76. The van der Waals surface area contributed by atoms with Crippen molar-refractivity contribution in [3.63, 3.8) is 0 Å². The largest absolute Gasteiger partial charge is 0.314 e. The van der Waals surface area contributed by atoms with Crippen LogP contribution in [-0.4, -0.2) is 44.0 Å². The van der Waals surface area contributed by atoms with Gasteiger partial charge in [-0.3, -0.25) is 10.3 Å². The van der Waals surface area contributed by atoms with Crippen LogP contribution in [0.1, 0.15) is 44.1 Å². The number of para-hydroxylation sites is 1. The van der Waals surface area contributed by atoms with Gasteiger partial charge in [-0.05, 0) is 74.3 Å². The van der Waals surface area contributed by atoms with Crippen molar-refractivity contribution in [1.82, 2.24) is 5.32 Å². The minimum Gasteiger partial charge on any atom is -0.314 e. The molecule has 0 radical (unpaired) electrons. The second-order valence-electron chi connectivity index (χ2n) is 12.2. The molecule has 3 aromatic carbocycles. The van der Waals surface area contributed by atoms with Crippen LogP contribution in [-0.2, 0) is 5.41 Å². The summed E-state index contributed by atoms with van der Waals surface area (Å²) in [5.41, 5.74) is 7.23. The summed E-state index contributed by atoms with van der Waals surface area (Å²) in [5, 5.41) is 4.05. The minimum atomic E-state index is 0.0176. The topological polar surface area (TPSA) is 40.0 Å². The van der Waals surface area contributed by atoms with Gasteiger partial charge < -0.3 is 9.89 Å². The molecule has 2 fully saturated rings. The molecule has 1 spiro atoms. The van der Waals surface area contributed by atoms with Crippen LogP contribution in [0.15, 0.2) is 94.9 Å². The van der Waals surface area contributed by atoms with E-state index in [1.54, 1.807) is 5.56 Å². The number of fused-ring (bicyclic) bond motifs is 8. The van der Waals surface area contributed by atoms with Crippen molar-refractivity contribution in [3.05, 3.63) is 90.5 Å². The van der Waals surface area contributed by atoms with Crippen molar-refractivity contribution < 1.29 is 0 Å². The number of anilines is 1. The highest BCUT2D eigenvalue weighted by molar-refractivity contribution is 7.09. The van der Waals surface area contributed by atoms with E-state index in [4.69, 9.17) is 9.98 Å². The molecule has 0 aromatic heterocycles. The van der Waals surface area contributed by atoms with Crippen molar-refractivity contribution in [3.8, 4) is 0 Å². The number of rotatable bonds is 2. The lowest BCUT2D eigenvalue weighted by molar-refractivity contribution is 0.0663. The third-order valence-electron chi connectivity index (χ3n) is 10.5. The van der Waals surface area contributed by atoms with E-state index < -0.39 is 0 Å². The summed E-state index contributed by atoms with van der Waals surface area (Å²) < 4.78 is 0. The molecule has 0 amide bonds. The number of benzene rings is 3. The van der Waals surface area contributed by atoms with Crippen LogP contribution < -0.4 is 21.1 Å². The summed E-state index contributed by atoms with van der Waals surface area (Å²) in [5.74, 6) is 2.67. The minimum absolute atomic E-state index is 0.0176. The van der Waals surface area contributed by atoms with E-state index in [1.165, 1.54) is 66.6 Å². The Morgan fingerprint density at radius 2 is 1.46 bits per heavy atom. The van der Waals surface area contributed by atoms with Gasteiger partial charge in [0.1, 0.15) is 5.84 Å². The smallest absolute Gasteiger partial charge is 0.259 e. The standard InChI is InChI=1S/C34H37BN4/c1-3-12-24(13-4-1)35-30-20-8-7-16-26(30)34(27-17-9-21-36-31(27)35)28-18-10-22-37-32(28)39(25-14-5-2-6-15-25)33-29(34)19-11-23-38-33/h1-8,12-16,20,27-29,32,37H,9-11,17-19,21-23H2. The van der Waals surface area contributed by atoms with Gasteiger partial charge in [-0.25, -0.2) is 0 Å². The Morgan fingerprint density at radius 3 is 2.31 bits per heavy atom. The zero-order valence-corrected chi connectivity index (χ0v) is 22.7. The first kappa shape index (κ1) is 23.7. The Bertz CT molecular complexity index is 1420. The molecule has 5 atom stereocenters. The number of aliphatic imine (C=N–C) groups is 2. The molecule has 4 nitrogen and oxygen atoms in total. The van der Waals surface area contributed by atoms with Crippen molar-refractivity contribution in [2.75, 3.05) is 24.5 Å². The summed E-state index contributed by atoms with van der Waals surface area (Å²) in [4.78, 5) is 13.5. The van der Waals surface area contributed by atoms with Crippen molar-refractivity contribution >= 4 is 34.8 Å². The molecule has 5 aliphatic heterocycles. The van der Waals surface area contributed by atoms with Gasteiger partial charge in [0, 0.05) is 36.0 Å². The zero-order chi connectivity index (χ0) is 25.8. The number of nitrogens with one attached hydrogen (secondary N) is 1. The van der Waals surface area contributed by atoms with Crippen LogP contribution in [0.25, 0.3) is 0 Å². The fraction of sp³-hybridized carbons (Fsp3) is 0.412. The van der Waals surface area contributed by atoms with E-state index >= 15 is 0 Å². The predicted molar refractivity (Wildman–Crippen MR) is 163 cm³/mol. The Labute approximate surface area is 232 Å². The highest BCUT2D eigenvalue weighted by Gasteiger charge is 2.65. The van der Waals surface area contributed by atoms with Crippen LogP contribution in [0, 0.1) is 17.8 Å². The summed E-state index contributed by atoms with van der Waals surface area (Å²) in [7, 11) is 0. The van der Waals surface area contributed by atoms with Crippen molar-refractivity contribution in [2.24, 2.45) is 27.7 Å². The lowest BCUT2D eigenvalue weighted by atomic mass is 9.27. The quantitative estimate of drug-likeness (QED) is 0.511. The van der Waals surface area contributed by atoms with Crippen LogP contribution in [0.5, 0.6) is 0 Å². The van der Waals surface area contributed by atoms with E-state index in [0.29, 0.717) is 17.8 Å². The van der Waals surface area contributed by atoms with Gasteiger partial charge in [0.15, 0.2) is 0 Å². The second kappa shape index (κ2) is 9.48. The summed E-state index contributed by atoms with van der Waals surface area (Å²) in [6.07, 6.45) is 7.53. The molecule has 5 heterocycles. The van der Waals surface area contributed by atoms with Gasteiger partial charge in [0.25, 0.3) is 6.71 Å². The lowest BCUT2D eigenvalue weighted by Gasteiger charge is -2.65. The molecule has 5 aliphatic rings. The van der Waals surface area contributed by atoms with Crippen LogP contribution in [0.4, 0.5) is 5.69 Å². The molecule has 0 bridgehead atoms. The molecule has 39 heavy (non-hydrogen) atoms. The SMILES string of the molecule is c1ccc(B2C3=NCCCC3C3(c4ccccc42)C2CCCN=C2N(c2ccccc2)C2NCCCC23)cc1. The van der Waals surface area contributed by atoms with E-state index in [1.807, 2.05) is 0 Å². The molecular weight excluding hydrogens is 475 g/mol. The lowest BCUT2D eigenvalue weighted by Crippen LogP contribution is -2.76. The summed E-state index contributed by atoms with van der Waals surface area (Å²) >= 11 is 0. The third kappa shape index (κ3) is 3.41. The Balaban J connectivity index is 1.41. The van der Waals surface area contributed by atoms with E-state index in [9.17, 15) is 0 Å². The predicted octanol–water partition coefficient (Wildman–Crippen LogP) is 4.59. The van der Waals surface area contributed by atoms with Gasteiger partial charge in [-0.1, -0.05) is 83.7 Å². The first-order chi connectivity index (χ1) is 19.4. The average molecular weight is 513 g/mol. The molecule has 5 unspecified atom stereocenters. The maximum Gasteiger partial charge on any atom is 0.259 e. The average Bonchev–Trinajstić information content (AvgIpc) is 3.02. The zero-order valence-electron chi connectivity index (χ0n) is 22.7. The normalized spacial score (nSPS) is 31.4. The molecule has 8 rings (SSSR count). The van der Waals surface area contributed by atoms with E-state index in [2.05, 4.69) is 95.1 Å². The third-order valence-corrected chi connectivity index (χ3v) is 10.5. The maximum absolute atomic E-state index is 5.45. The molecule has 5 heteroatoms. The first-order valence-corrected chi connectivity index (χ1v) is 15.2. The molecule has 196 valence electrons. The molecule has 3 aromatic rings. The van der Waals surface area contributed by atoms with Gasteiger partial charge in [0.05, 0.1) is 6.17 Å². The highest BCUT2D eigenvalue weighted by atomic mass is 15.3. The fourth-order valence-corrected chi connectivity index (χ4v) is 9.26. The fourth-order valence-electron chi connectivity index (χ4n) is 9.26. The number of hydrogen-bond donors (Lipinski definition) is 1. The summed E-state index contributed by atoms with van der Waals surface area (Å²) in [6.45, 7) is 3.21. The molecule has 0 aliphatic carbocycles. The monoisotopic (exact) mass is 512 g/mol. The van der Waals surface area contributed by atoms with Crippen molar-refractivity contribution in [1.29, 1.82) is 0 Å². The first-order valence-electron chi connectivity index (χ1n) is 15.2. The van der Waals surface area contributed by atoms with Crippen LogP contribution in [0.3, 0.4) is 0 Å². The van der Waals surface area contributed by atoms with Crippen LogP contribution >= 0.6 is 0 Å².